The molecular weight excluding hydrogens is 658 g/mol. The van der Waals surface area contributed by atoms with Crippen LogP contribution in [0.4, 0.5) is 8.78 Å². The minimum absolute atomic E-state index is 0. The van der Waals surface area contributed by atoms with Gasteiger partial charge in [-0.1, -0.05) is 44.9 Å². The van der Waals surface area contributed by atoms with E-state index in [9.17, 15) is 33.4 Å². The van der Waals surface area contributed by atoms with Gasteiger partial charge in [0, 0.05) is 47.8 Å². The van der Waals surface area contributed by atoms with Crippen molar-refractivity contribution >= 4 is 29.5 Å². The molecule has 270 valence electrons. The van der Waals surface area contributed by atoms with Gasteiger partial charge in [0.15, 0.2) is 0 Å². The first-order valence-electron chi connectivity index (χ1n) is 16.0. The fourth-order valence-corrected chi connectivity index (χ4v) is 6.63. The normalized spacial score (nSPS) is 14.0. The molecule has 5 atom stereocenters. The number of aliphatic hydroxyl groups is 2. The summed E-state index contributed by atoms with van der Waals surface area (Å²) >= 11 is 1.55. The zero-order valence-electron chi connectivity index (χ0n) is 27.7. The molecule has 0 aliphatic rings. The summed E-state index contributed by atoms with van der Waals surface area (Å²) in [4.78, 5) is 57.7. The van der Waals surface area contributed by atoms with Gasteiger partial charge in [0.05, 0.1) is 17.6 Å². The van der Waals surface area contributed by atoms with E-state index in [0.717, 1.165) is 37.8 Å². The van der Waals surface area contributed by atoms with Gasteiger partial charge in [-0.25, -0.2) is 8.78 Å². The molecule has 0 fully saturated rings. The lowest BCUT2D eigenvalue weighted by Gasteiger charge is -2.32. The van der Waals surface area contributed by atoms with Crippen molar-refractivity contribution in [2.45, 2.75) is 88.5 Å². The Labute approximate surface area is 291 Å². The molecule has 0 spiro atoms. The standard InChI is InChI=1S/C35H44F2N4O5S.O2.2H2/c1-4-10-28(11-5-2)47-21-30(41-34(45)25-14-9-15-38-20-25)35(46)40-29(18-23-16-26(36)19-27(37)17-23)32(43)31(42)22(3)39-33(44)24-12-7-6-8-13-24;1-2;;/h6-9,12-17,19-20,22,28-32,42-43H,4-5,10-11,18,21H2,1-3H3,(H,39,44)(H,40,46)(H,41,45);;2*1H/t22-,29+,30-,31-,32-;;;/m1.../s1. The summed E-state index contributed by atoms with van der Waals surface area (Å²) in [6, 6.07) is 11.0. The fraction of sp³-hybridized carbons (Fsp3) is 0.429. The Balaban J connectivity index is 0.00000614. The van der Waals surface area contributed by atoms with Crippen LogP contribution < -0.4 is 16.0 Å². The second-order valence-corrected chi connectivity index (χ2v) is 12.8. The Bertz CT molecular complexity index is 1440. The molecule has 11 nitrogen and oxygen atoms in total. The molecule has 1 heterocycles. The molecule has 0 saturated carbocycles. The van der Waals surface area contributed by atoms with Gasteiger partial charge in [-0.15, -0.1) is 0 Å². The molecule has 1 aromatic heterocycles. The molecule has 49 heavy (non-hydrogen) atoms. The van der Waals surface area contributed by atoms with Gasteiger partial charge in [0.1, 0.15) is 29.9 Å². The SMILES string of the molecule is CCCC(CCC)SC[C@@H](NC(=O)c1cccnc1)C(=O)N[C@@H](Cc1cc(F)cc(F)c1)[C@@H](O)[C@H](O)[C@@H](C)NC(=O)c1ccccc1.O=O.[HH].[HH]. The molecular formula is C35H48F2N4O7S. The predicted octanol–water partition coefficient (Wildman–Crippen LogP) is 4.99. The Morgan fingerprint density at radius 3 is 2.00 bits per heavy atom. The van der Waals surface area contributed by atoms with Crippen molar-refractivity contribution in [2.75, 3.05) is 5.75 Å². The third kappa shape index (κ3) is 13.6. The first-order valence-corrected chi connectivity index (χ1v) is 17.0. The highest BCUT2D eigenvalue weighted by Crippen LogP contribution is 2.23. The molecule has 0 saturated heterocycles. The van der Waals surface area contributed by atoms with Crippen molar-refractivity contribution in [2.24, 2.45) is 0 Å². The summed E-state index contributed by atoms with van der Waals surface area (Å²) in [5, 5.41) is 30.9. The van der Waals surface area contributed by atoms with Gasteiger partial charge in [0.2, 0.25) is 5.91 Å². The number of hydrogen-bond acceptors (Lipinski definition) is 9. The predicted molar refractivity (Wildman–Crippen MR) is 190 cm³/mol. The molecule has 3 aromatic rings. The van der Waals surface area contributed by atoms with Crippen molar-refractivity contribution in [1.82, 2.24) is 20.9 Å². The molecule has 0 radical (unpaired) electrons. The van der Waals surface area contributed by atoms with Gasteiger partial charge in [0.25, 0.3) is 11.8 Å². The maximum absolute atomic E-state index is 14.1. The number of thioether (sulfide) groups is 1. The maximum atomic E-state index is 14.1. The molecule has 0 aliphatic carbocycles. The summed E-state index contributed by atoms with van der Waals surface area (Å²) in [6.45, 7) is 5.64. The summed E-state index contributed by atoms with van der Waals surface area (Å²) in [6.07, 6.45) is 3.10. The smallest absolute Gasteiger partial charge is 0.253 e. The minimum atomic E-state index is -1.69. The van der Waals surface area contributed by atoms with Crippen molar-refractivity contribution in [3.63, 3.8) is 0 Å². The third-order valence-electron chi connectivity index (χ3n) is 7.64. The van der Waals surface area contributed by atoms with E-state index in [2.05, 4.69) is 34.8 Å². The summed E-state index contributed by atoms with van der Waals surface area (Å²) < 4.78 is 28.3. The maximum Gasteiger partial charge on any atom is 0.253 e. The number of carbonyl (C=O) groups is 3. The zero-order valence-corrected chi connectivity index (χ0v) is 28.5. The van der Waals surface area contributed by atoms with E-state index in [-0.39, 0.29) is 31.4 Å². The van der Waals surface area contributed by atoms with Crippen LogP contribution in [-0.2, 0) is 11.2 Å². The van der Waals surface area contributed by atoms with Crippen LogP contribution in [0.1, 0.15) is 75.6 Å². The van der Waals surface area contributed by atoms with Crippen LogP contribution in [0.15, 0.2) is 73.1 Å². The topological polar surface area (TPSA) is 175 Å². The number of benzene rings is 2. The number of pyridine rings is 1. The van der Waals surface area contributed by atoms with Gasteiger partial charge in [-0.05, 0) is 68.1 Å². The number of amides is 3. The lowest BCUT2D eigenvalue weighted by Crippen LogP contribution is -2.59. The number of aliphatic hydroxyl groups excluding tert-OH is 2. The quantitative estimate of drug-likeness (QED) is 0.122. The summed E-state index contributed by atoms with van der Waals surface area (Å²) in [7, 11) is 0. The van der Waals surface area contributed by atoms with E-state index in [1.807, 2.05) is 0 Å². The highest BCUT2D eigenvalue weighted by Gasteiger charge is 2.34. The van der Waals surface area contributed by atoms with E-state index in [0.29, 0.717) is 11.6 Å². The molecule has 0 aliphatic heterocycles. The van der Waals surface area contributed by atoms with Crippen molar-refractivity contribution in [1.29, 1.82) is 0 Å². The minimum Gasteiger partial charge on any atom is -0.388 e. The highest BCUT2D eigenvalue weighted by molar-refractivity contribution is 8.00. The van der Waals surface area contributed by atoms with Crippen molar-refractivity contribution < 1.29 is 36.2 Å². The van der Waals surface area contributed by atoms with E-state index < -0.39 is 59.7 Å². The lowest BCUT2D eigenvalue weighted by molar-refractivity contribution is -0.125. The molecule has 0 bridgehead atoms. The monoisotopic (exact) mass is 706 g/mol. The Kier molecular flexibility index (Phi) is 18.1. The van der Waals surface area contributed by atoms with Gasteiger partial charge in [-0.3, -0.25) is 19.4 Å². The van der Waals surface area contributed by atoms with Gasteiger partial charge < -0.3 is 26.2 Å². The fourth-order valence-electron chi connectivity index (χ4n) is 5.13. The molecule has 14 heteroatoms. The third-order valence-corrected chi connectivity index (χ3v) is 9.11. The van der Waals surface area contributed by atoms with Crippen molar-refractivity contribution in [3.05, 3.63) is 111 Å². The number of carbonyl (C=O) groups excluding carboxylic acids is 3. The second kappa shape index (κ2) is 21.6. The largest absolute Gasteiger partial charge is 0.388 e. The molecule has 5 N–H and O–H groups in total. The Morgan fingerprint density at radius 1 is 0.837 bits per heavy atom. The van der Waals surface area contributed by atoms with Crippen LogP contribution in [0.25, 0.3) is 0 Å². The van der Waals surface area contributed by atoms with E-state index >= 15 is 0 Å². The van der Waals surface area contributed by atoms with Gasteiger partial charge >= 0.3 is 0 Å². The second-order valence-electron chi connectivity index (χ2n) is 11.5. The number of aromatic nitrogens is 1. The van der Waals surface area contributed by atoms with Crippen molar-refractivity contribution in [3.8, 4) is 0 Å². The Morgan fingerprint density at radius 2 is 1.43 bits per heavy atom. The first-order chi connectivity index (χ1) is 23.5. The number of halogens is 2. The zero-order chi connectivity index (χ0) is 36.3. The van der Waals surface area contributed by atoms with Crippen LogP contribution in [0.5, 0.6) is 0 Å². The number of hydrogen-bond donors (Lipinski definition) is 5. The first kappa shape index (κ1) is 40.9. The van der Waals surface area contributed by atoms with E-state index in [4.69, 9.17) is 9.93 Å². The Hall–Kier alpha value is -4.27. The molecule has 0 unspecified atom stereocenters. The number of nitrogens with zero attached hydrogens (tertiary/aromatic N) is 1. The van der Waals surface area contributed by atoms with Crippen LogP contribution in [0, 0.1) is 21.6 Å². The average molecular weight is 707 g/mol. The average Bonchev–Trinajstić information content (AvgIpc) is 3.10. The van der Waals surface area contributed by atoms with Gasteiger partial charge in [-0.2, -0.15) is 11.8 Å². The van der Waals surface area contributed by atoms with Crippen LogP contribution in [0.3, 0.4) is 0 Å². The molecule has 3 amide bonds. The lowest BCUT2D eigenvalue weighted by atomic mass is 9.94. The number of rotatable bonds is 18. The molecule has 3 rings (SSSR count). The summed E-state index contributed by atoms with van der Waals surface area (Å²) in [5.74, 6) is -3.15. The molecule has 2 aromatic carbocycles. The van der Waals surface area contributed by atoms with E-state index in [1.165, 1.54) is 19.3 Å². The summed E-state index contributed by atoms with van der Waals surface area (Å²) in [5.41, 5.74) is 0.714. The van der Waals surface area contributed by atoms with Crippen LogP contribution in [0.2, 0.25) is 0 Å². The van der Waals surface area contributed by atoms with E-state index in [1.54, 1.807) is 54.2 Å². The van der Waals surface area contributed by atoms with Crippen LogP contribution >= 0.6 is 11.8 Å². The highest BCUT2D eigenvalue weighted by atomic mass is 32.2. The van der Waals surface area contributed by atoms with Crippen LogP contribution in [-0.4, -0.2) is 74.3 Å². The number of nitrogens with one attached hydrogen (secondary N) is 3.